The minimum absolute atomic E-state index is 0.527. The molecule has 4 nitrogen and oxygen atoms in total. The summed E-state index contributed by atoms with van der Waals surface area (Å²) in [7, 11) is 0. The van der Waals surface area contributed by atoms with Crippen molar-refractivity contribution in [3.63, 3.8) is 0 Å². The Morgan fingerprint density at radius 2 is 1.05 bits per heavy atom. The van der Waals surface area contributed by atoms with Gasteiger partial charge in [0.2, 0.25) is 0 Å². The van der Waals surface area contributed by atoms with Crippen LogP contribution in [-0.4, -0.2) is 11.9 Å². The maximum Gasteiger partial charge on any atom is 0.137 e. The standard InChI is InChI=1S/C14H16N2O2S/c15-11-1-5-13(6-2-11)17-9-19-10-18-14-7-3-12(16)4-8-14/h1-8H,9-10,15-16H2. The van der Waals surface area contributed by atoms with E-state index in [0.717, 1.165) is 22.9 Å². The van der Waals surface area contributed by atoms with Crippen LogP contribution in [-0.2, 0) is 0 Å². The Morgan fingerprint density at radius 1 is 0.684 bits per heavy atom. The molecule has 0 aliphatic carbocycles. The summed E-state index contributed by atoms with van der Waals surface area (Å²) in [5.41, 5.74) is 12.6. The fourth-order valence-electron chi connectivity index (χ4n) is 1.38. The van der Waals surface area contributed by atoms with E-state index in [1.165, 1.54) is 0 Å². The van der Waals surface area contributed by atoms with Crippen LogP contribution < -0.4 is 20.9 Å². The van der Waals surface area contributed by atoms with E-state index in [-0.39, 0.29) is 0 Å². The van der Waals surface area contributed by atoms with Crippen LogP contribution in [0.15, 0.2) is 48.5 Å². The van der Waals surface area contributed by atoms with Gasteiger partial charge in [-0.05, 0) is 48.5 Å². The van der Waals surface area contributed by atoms with Crippen molar-refractivity contribution in [3.05, 3.63) is 48.5 Å². The Bertz CT molecular complexity index is 452. The van der Waals surface area contributed by atoms with Gasteiger partial charge in [0.1, 0.15) is 23.4 Å². The highest BCUT2D eigenvalue weighted by molar-refractivity contribution is 7.99. The summed E-state index contributed by atoms with van der Waals surface area (Å²) in [6.45, 7) is 0. The molecular formula is C14H16N2O2S. The molecule has 0 spiro atoms. The second-order valence-corrected chi connectivity index (χ2v) is 4.75. The molecule has 0 aromatic heterocycles. The molecule has 0 fully saturated rings. The second-order valence-electron chi connectivity index (χ2n) is 3.87. The number of nitrogen functional groups attached to an aromatic ring is 2. The number of hydrogen-bond acceptors (Lipinski definition) is 5. The number of ether oxygens (including phenoxy) is 2. The molecule has 0 aliphatic heterocycles. The normalized spacial score (nSPS) is 10.1. The monoisotopic (exact) mass is 276 g/mol. The Morgan fingerprint density at radius 3 is 1.42 bits per heavy atom. The summed E-state index contributed by atoms with van der Waals surface area (Å²) in [6, 6.07) is 14.6. The lowest BCUT2D eigenvalue weighted by molar-refractivity contribution is 0.373. The van der Waals surface area contributed by atoms with Gasteiger partial charge in [0, 0.05) is 11.4 Å². The van der Waals surface area contributed by atoms with Crippen molar-refractivity contribution >= 4 is 23.1 Å². The summed E-state index contributed by atoms with van der Waals surface area (Å²) < 4.78 is 11.1. The third-order valence-corrected chi connectivity index (χ3v) is 2.95. The minimum atomic E-state index is 0.527. The largest absolute Gasteiger partial charge is 0.483 e. The number of rotatable bonds is 6. The third kappa shape index (κ3) is 4.63. The number of anilines is 2. The molecule has 0 unspecified atom stereocenters. The average Bonchev–Trinajstić information content (AvgIpc) is 2.43. The molecule has 0 heterocycles. The first-order valence-electron chi connectivity index (χ1n) is 5.78. The first-order chi connectivity index (χ1) is 9.24. The fourth-order valence-corrected chi connectivity index (χ4v) is 1.89. The van der Waals surface area contributed by atoms with Gasteiger partial charge in [-0.2, -0.15) is 0 Å². The van der Waals surface area contributed by atoms with Crippen LogP contribution in [0.25, 0.3) is 0 Å². The van der Waals surface area contributed by atoms with Crippen molar-refractivity contribution in [2.45, 2.75) is 0 Å². The quantitative estimate of drug-likeness (QED) is 0.482. The van der Waals surface area contributed by atoms with Crippen molar-refractivity contribution in [3.8, 4) is 11.5 Å². The highest BCUT2D eigenvalue weighted by atomic mass is 32.2. The van der Waals surface area contributed by atoms with E-state index in [2.05, 4.69) is 0 Å². The summed E-state index contributed by atoms with van der Waals surface area (Å²) in [5.74, 6) is 2.65. The maximum atomic E-state index is 5.59. The van der Waals surface area contributed by atoms with Crippen LogP contribution in [0.3, 0.4) is 0 Å². The van der Waals surface area contributed by atoms with Gasteiger partial charge in [0.15, 0.2) is 0 Å². The summed E-state index contributed by atoms with van der Waals surface area (Å²) in [4.78, 5) is 0. The lowest BCUT2D eigenvalue weighted by Crippen LogP contribution is -1.99. The van der Waals surface area contributed by atoms with E-state index in [4.69, 9.17) is 20.9 Å². The number of benzene rings is 2. The van der Waals surface area contributed by atoms with Crippen LogP contribution in [0.4, 0.5) is 11.4 Å². The zero-order chi connectivity index (χ0) is 13.5. The van der Waals surface area contributed by atoms with Crippen molar-refractivity contribution in [1.29, 1.82) is 0 Å². The number of nitrogens with two attached hydrogens (primary N) is 2. The van der Waals surface area contributed by atoms with Gasteiger partial charge < -0.3 is 20.9 Å². The molecule has 2 aromatic rings. The van der Waals surface area contributed by atoms with Crippen molar-refractivity contribution in [2.75, 3.05) is 23.3 Å². The van der Waals surface area contributed by atoms with Gasteiger partial charge in [-0.25, -0.2) is 0 Å². The molecule has 0 bridgehead atoms. The Labute approximate surface area is 116 Å². The molecule has 0 aliphatic rings. The highest BCUT2D eigenvalue weighted by Crippen LogP contribution is 2.17. The maximum absolute atomic E-state index is 5.59. The number of thioether (sulfide) groups is 1. The lowest BCUT2D eigenvalue weighted by atomic mass is 10.3. The lowest BCUT2D eigenvalue weighted by Gasteiger charge is -2.08. The van der Waals surface area contributed by atoms with Gasteiger partial charge in [-0.15, -0.1) is 0 Å². The van der Waals surface area contributed by atoms with Crippen molar-refractivity contribution < 1.29 is 9.47 Å². The molecule has 0 radical (unpaired) electrons. The van der Waals surface area contributed by atoms with Crippen LogP contribution in [0.1, 0.15) is 0 Å². The highest BCUT2D eigenvalue weighted by Gasteiger charge is 1.96. The van der Waals surface area contributed by atoms with Crippen molar-refractivity contribution in [1.82, 2.24) is 0 Å². The van der Waals surface area contributed by atoms with Crippen molar-refractivity contribution in [2.24, 2.45) is 0 Å². The molecule has 19 heavy (non-hydrogen) atoms. The van der Waals surface area contributed by atoms with Gasteiger partial charge >= 0.3 is 0 Å². The van der Waals surface area contributed by atoms with Crippen LogP contribution >= 0.6 is 11.8 Å². The van der Waals surface area contributed by atoms with E-state index in [0.29, 0.717) is 11.9 Å². The first-order valence-corrected chi connectivity index (χ1v) is 6.94. The average molecular weight is 276 g/mol. The molecule has 4 N–H and O–H groups in total. The van der Waals surface area contributed by atoms with Gasteiger partial charge in [-0.1, -0.05) is 11.8 Å². The second kappa shape index (κ2) is 6.80. The van der Waals surface area contributed by atoms with Gasteiger partial charge in [0.05, 0.1) is 0 Å². The van der Waals surface area contributed by atoms with E-state index in [1.54, 1.807) is 11.8 Å². The first kappa shape index (κ1) is 13.4. The SMILES string of the molecule is Nc1ccc(OCSCOc2ccc(N)cc2)cc1. The molecule has 100 valence electrons. The van der Waals surface area contributed by atoms with Gasteiger partial charge in [0.25, 0.3) is 0 Å². The topological polar surface area (TPSA) is 70.5 Å². The molecule has 0 saturated heterocycles. The predicted molar refractivity (Wildman–Crippen MR) is 80.3 cm³/mol. The Kier molecular flexibility index (Phi) is 4.80. The van der Waals surface area contributed by atoms with Crippen LogP contribution in [0, 0.1) is 0 Å². The third-order valence-electron chi connectivity index (χ3n) is 2.38. The summed E-state index contributed by atoms with van der Waals surface area (Å²) in [5, 5.41) is 0. The minimum Gasteiger partial charge on any atom is -0.483 e. The van der Waals surface area contributed by atoms with E-state index >= 15 is 0 Å². The zero-order valence-electron chi connectivity index (χ0n) is 10.4. The molecule has 0 atom stereocenters. The predicted octanol–water partition coefficient (Wildman–Crippen LogP) is 2.96. The summed E-state index contributed by atoms with van der Waals surface area (Å²) >= 11 is 1.54. The van der Waals surface area contributed by atoms with Crippen LogP contribution in [0.2, 0.25) is 0 Å². The van der Waals surface area contributed by atoms with Gasteiger partial charge in [-0.3, -0.25) is 0 Å². The fraction of sp³-hybridized carbons (Fsp3) is 0.143. The molecule has 0 saturated carbocycles. The molecule has 2 rings (SSSR count). The smallest absolute Gasteiger partial charge is 0.137 e. The Balaban J connectivity index is 1.64. The Hall–Kier alpha value is -2.01. The van der Waals surface area contributed by atoms with E-state index in [9.17, 15) is 0 Å². The zero-order valence-corrected chi connectivity index (χ0v) is 11.2. The summed E-state index contributed by atoms with van der Waals surface area (Å²) in [6.07, 6.45) is 0. The molecular weight excluding hydrogens is 260 g/mol. The van der Waals surface area contributed by atoms with E-state index < -0.39 is 0 Å². The van der Waals surface area contributed by atoms with Crippen LogP contribution in [0.5, 0.6) is 11.5 Å². The molecule has 5 heteroatoms. The molecule has 0 amide bonds. The van der Waals surface area contributed by atoms with E-state index in [1.807, 2.05) is 48.5 Å². The number of hydrogen-bond donors (Lipinski definition) is 2. The molecule has 2 aromatic carbocycles.